The Kier molecular flexibility index (Phi) is 4.41. The minimum atomic E-state index is -0.784. The molecule has 0 saturated carbocycles. The van der Waals surface area contributed by atoms with E-state index in [4.69, 9.17) is 9.47 Å². The van der Waals surface area contributed by atoms with Crippen LogP contribution in [0.25, 0.3) is 10.9 Å². The number of hydrogen-bond acceptors (Lipinski definition) is 6. The molecule has 1 amide bonds. The Hall–Kier alpha value is -3.49. The fourth-order valence-electron chi connectivity index (χ4n) is 2.74. The first-order chi connectivity index (χ1) is 13.1. The van der Waals surface area contributed by atoms with Crippen molar-refractivity contribution in [3.63, 3.8) is 0 Å². The Balaban J connectivity index is 1.39. The molecule has 2 aromatic carbocycles. The van der Waals surface area contributed by atoms with Gasteiger partial charge in [-0.05, 0) is 30.3 Å². The highest BCUT2D eigenvalue weighted by molar-refractivity contribution is 5.81. The van der Waals surface area contributed by atoms with Crippen LogP contribution in [0, 0.1) is 5.82 Å². The lowest BCUT2D eigenvalue weighted by Crippen LogP contribution is -2.45. The molecule has 1 N–H and O–H groups in total. The lowest BCUT2D eigenvalue weighted by Gasteiger charge is -2.25. The van der Waals surface area contributed by atoms with Gasteiger partial charge in [0.05, 0.1) is 11.9 Å². The summed E-state index contributed by atoms with van der Waals surface area (Å²) in [6.07, 6.45) is -0.784. The third-order valence-corrected chi connectivity index (χ3v) is 4.11. The largest absolute Gasteiger partial charge is 0.485 e. The van der Waals surface area contributed by atoms with E-state index in [9.17, 15) is 14.0 Å². The summed E-state index contributed by atoms with van der Waals surface area (Å²) < 4.78 is 25.5. The molecule has 3 aromatic rings. The monoisotopic (exact) mass is 370 g/mol. The van der Waals surface area contributed by atoms with Crippen LogP contribution < -0.4 is 20.3 Å². The average molecular weight is 370 g/mol. The molecule has 138 valence electrons. The maximum Gasteiger partial charge on any atom is 0.277 e. The van der Waals surface area contributed by atoms with Gasteiger partial charge in [-0.25, -0.2) is 9.07 Å². The van der Waals surface area contributed by atoms with E-state index in [0.29, 0.717) is 17.0 Å². The van der Waals surface area contributed by atoms with Crippen LogP contribution in [0.4, 0.5) is 4.39 Å². The number of amides is 1. The maximum absolute atomic E-state index is 13.3. The van der Waals surface area contributed by atoms with Crippen LogP contribution in [0.5, 0.6) is 11.5 Å². The SMILES string of the molecule is O=C(NCCn1nnc2ccc(F)cc2c1=O)C1COc2ccccc2O1. The van der Waals surface area contributed by atoms with Crippen LogP contribution in [0.1, 0.15) is 0 Å². The Morgan fingerprint density at radius 3 is 2.93 bits per heavy atom. The van der Waals surface area contributed by atoms with Crippen molar-refractivity contribution in [1.29, 1.82) is 0 Å². The molecular weight excluding hydrogens is 355 g/mol. The highest BCUT2D eigenvalue weighted by atomic mass is 19.1. The van der Waals surface area contributed by atoms with Gasteiger partial charge in [-0.15, -0.1) is 5.10 Å². The third kappa shape index (κ3) is 3.43. The van der Waals surface area contributed by atoms with E-state index in [1.54, 1.807) is 18.2 Å². The molecule has 9 heteroatoms. The van der Waals surface area contributed by atoms with Gasteiger partial charge in [-0.1, -0.05) is 17.3 Å². The zero-order chi connectivity index (χ0) is 18.8. The summed E-state index contributed by atoms with van der Waals surface area (Å²) in [7, 11) is 0. The molecule has 0 fully saturated rings. The molecule has 0 saturated heterocycles. The van der Waals surface area contributed by atoms with Gasteiger partial charge in [0.2, 0.25) is 6.10 Å². The number of nitrogens with zero attached hydrogens (tertiary/aromatic N) is 3. The predicted molar refractivity (Wildman–Crippen MR) is 93.1 cm³/mol. The van der Waals surface area contributed by atoms with E-state index >= 15 is 0 Å². The number of rotatable bonds is 4. The zero-order valence-corrected chi connectivity index (χ0v) is 14.1. The topological polar surface area (TPSA) is 95.3 Å². The second-order valence-corrected chi connectivity index (χ2v) is 5.93. The molecule has 0 bridgehead atoms. The van der Waals surface area contributed by atoms with Crippen molar-refractivity contribution in [3.8, 4) is 11.5 Å². The molecule has 8 nitrogen and oxygen atoms in total. The van der Waals surface area contributed by atoms with Crippen LogP contribution in [-0.4, -0.2) is 40.2 Å². The van der Waals surface area contributed by atoms with Crippen LogP contribution in [0.3, 0.4) is 0 Å². The van der Waals surface area contributed by atoms with Crippen molar-refractivity contribution in [1.82, 2.24) is 20.3 Å². The molecule has 0 aliphatic carbocycles. The predicted octanol–water partition coefficient (Wildman–Crippen LogP) is 0.887. The lowest BCUT2D eigenvalue weighted by atomic mass is 10.2. The summed E-state index contributed by atoms with van der Waals surface area (Å²) in [4.78, 5) is 24.6. The van der Waals surface area contributed by atoms with Gasteiger partial charge in [-0.2, -0.15) is 0 Å². The maximum atomic E-state index is 13.3. The van der Waals surface area contributed by atoms with Gasteiger partial charge in [0.25, 0.3) is 11.5 Å². The number of carbonyl (C=O) groups excluding carboxylic acids is 1. The molecule has 1 unspecified atom stereocenters. The van der Waals surface area contributed by atoms with E-state index in [2.05, 4.69) is 15.6 Å². The number of aromatic nitrogens is 3. The summed E-state index contributed by atoms with van der Waals surface area (Å²) in [5.74, 6) is 0.203. The molecular formula is C18H15FN4O4. The summed E-state index contributed by atoms with van der Waals surface area (Å²) in [5.41, 5.74) is -0.159. The Morgan fingerprint density at radius 2 is 2.07 bits per heavy atom. The van der Waals surface area contributed by atoms with Crippen molar-refractivity contribution < 1.29 is 18.7 Å². The molecule has 1 aliphatic heterocycles. The fraction of sp³-hybridized carbons (Fsp3) is 0.222. The number of benzene rings is 2. The summed E-state index contributed by atoms with van der Waals surface area (Å²) in [6, 6.07) is 10.8. The second-order valence-electron chi connectivity index (χ2n) is 5.93. The Labute approximate surface area is 152 Å². The number of para-hydroxylation sites is 2. The van der Waals surface area contributed by atoms with Gasteiger partial charge in [-0.3, -0.25) is 9.59 Å². The van der Waals surface area contributed by atoms with E-state index in [1.165, 1.54) is 12.1 Å². The van der Waals surface area contributed by atoms with Gasteiger partial charge in [0.15, 0.2) is 11.5 Å². The van der Waals surface area contributed by atoms with E-state index in [1.807, 2.05) is 6.07 Å². The fourth-order valence-corrected chi connectivity index (χ4v) is 2.74. The molecule has 1 aliphatic rings. The molecule has 0 spiro atoms. The number of ether oxygens (including phenoxy) is 2. The quantitative estimate of drug-likeness (QED) is 0.733. The first-order valence-corrected chi connectivity index (χ1v) is 8.31. The number of fused-ring (bicyclic) bond motifs is 2. The van der Waals surface area contributed by atoms with Crippen molar-refractivity contribution in [3.05, 3.63) is 58.6 Å². The number of carbonyl (C=O) groups is 1. The number of hydrogen-bond donors (Lipinski definition) is 1. The highest BCUT2D eigenvalue weighted by Gasteiger charge is 2.26. The van der Waals surface area contributed by atoms with Gasteiger partial charge in [0.1, 0.15) is 17.9 Å². The van der Waals surface area contributed by atoms with Crippen molar-refractivity contribution >= 4 is 16.8 Å². The van der Waals surface area contributed by atoms with Crippen LogP contribution in [0.15, 0.2) is 47.3 Å². The number of halogens is 1. The minimum absolute atomic E-state index is 0.0915. The van der Waals surface area contributed by atoms with Crippen molar-refractivity contribution in [2.24, 2.45) is 0 Å². The van der Waals surface area contributed by atoms with E-state index in [-0.39, 0.29) is 31.0 Å². The zero-order valence-electron chi connectivity index (χ0n) is 14.1. The van der Waals surface area contributed by atoms with Gasteiger partial charge >= 0.3 is 0 Å². The van der Waals surface area contributed by atoms with Crippen LogP contribution in [-0.2, 0) is 11.3 Å². The molecule has 2 heterocycles. The molecule has 1 aromatic heterocycles. The van der Waals surface area contributed by atoms with Gasteiger partial charge in [0, 0.05) is 6.54 Å². The second kappa shape index (κ2) is 7.02. The first-order valence-electron chi connectivity index (χ1n) is 8.31. The molecule has 4 rings (SSSR count). The van der Waals surface area contributed by atoms with Gasteiger partial charge < -0.3 is 14.8 Å². The van der Waals surface area contributed by atoms with Crippen molar-refractivity contribution in [2.45, 2.75) is 12.6 Å². The lowest BCUT2D eigenvalue weighted by molar-refractivity contribution is -0.130. The average Bonchev–Trinajstić information content (AvgIpc) is 2.69. The standard InChI is InChI=1S/C18H15FN4O4/c19-11-5-6-13-12(9-11)18(25)23(22-21-13)8-7-20-17(24)16-10-26-14-3-1-2-4-15(14)27-16/h1-6,9,16H,7-8,10H2,(H,20,24). The normalized spacial score (nSPS) is 15.5. The molecule has 27 heavy (non-hydrogen) atoms. The van der Waals surface area contributed by atoms with Crippen molar-refractivity contribution in [2.75, 3.05) is 13.2 Å². The van der Waals surface area contributed by atoms with Crippen LogP contribution in [0.2, 0.25) is 0 Å². The van der Waals surface area contributed by atoms with E-state index < -0.39 is 17.5 Å². The third-order valence-electron chi connectivity index (χ3n) is 4.11. The molecule has 0 radical (unpaired) electrons. The van der Waals surface area contributed by atoms with Crippen LogP contribution >= 0.6 is 0 Å². The smallest absolute Gasteiger partial charge is 0.277 e. The minimum Gasteiger partial charge on any atom is -0.485 e. The summed E-state index contributed by atoms with van der Waals surface area (Å²) in [6.45, 7) is 0.321. The Bertz CT molecular complexity index is 1070. The van der Waals surface area contributed by atoms with E-state index in [0.717, 1.165) is 10.7 Å². The summed E-state index contributed by atoms with van der Waals surface area (Å²) >= 11 is 0. The Morgan fingerprint density at radius 1 is 1.26 bits per heavy atom. The first kappa shape index (κ1) is 17.0. The summed E-state index contributed by atoms with van der Waals surface area (Å²) in [5, 5.41) is 10.5. The molecule has 1 atom stereocenters. The highest BCUT2D eigenvalue weighted by Crippen LogP contribution is 2.30. The number of nitrogens with one attached hydrogen (secondary N) is 1.